The number of alkyl halides is 1. The van der Waals surface area contributed by atoms with Crippen LogP contribution in [0.15, 0.2) is 72.8 Å². The van der Waals surface area contributed by atoms with Crippen LogP contribution in [-0.2, 0) is 4.74 Å². The predicted octanol–water partition coefficient (Wildman–Crippen LogP) is 5.16. The van der Waals surface area contributed by atoms with E-state index < -0.39 is 27.6 Å². The monoisotopic (exact) mass is 513 g/mol. The smallest absolute Gasteiger partial charge is 0.339 e. The highest BCUT2D eigenvalue weighted by Crippen LogP contribution is 2.34. The number of methoxy groups -OCH3 is 2. The van der Waals surface area contributed by atoms with Crippen molar-refractivity contribution in [1.29, 1.82) is 0 Å². The fourth-order valence-corrected chi connectivity index (χ4v) is 3.78. The molecule has 0 aliphatic heterocycles. The number of ether oxygens (including phenoxy) is 3. The maximum atomic E-state index is 13.3. The van der Waals surface area contributed by atoms with Crippen molar-refractivity contribution in [2.45, 2.75) is 10.9 Å². The zero-order chi connectivity index (χ0) is 24.0. The summed E-state index contributed by atoms with van der Waals surface area (Å²) in [6.45, 7) is 0. The standard InChI is InChI=1S/C24H20BrNO7/c1-31-19-12-11-17(14-20(19)32-2)24(28)33-23(22(27)15-7-4-3-5-8-15)21(25)16-9-6-10-18(13-16)26(29)30/h3-14,21,23H,1-2H3/t21-,23-/m1/s1. The van der Waals surface area contributed by atoms with Crippen molar-refractivity contribution in [2.24, 2.45) is 0 Å². The highest BCUT2D eigenvalue weighted by molar-refractivity contribution is 9.09. The molecule has 3 aromatic rings. The molecule has 0 aliphatic carbocycles. The zero-order valence-electron chi connectivity index (χ0n) is 17.8. The Hall–Kier alpha value is -3.72. The third kappa shape index (κ3) is 5.56. The van der Waals surface area contributed by atoms with Crippen LogP contribution < -0.4 is 9.47 Å². The molecular formula is C24H20BrNO7. The Kier molecular flexibility index (Phi) is 7.78. The third-order valence-corrected chi connectivity index (χ3v) is 5.84. The minimum atomic E-state index is -1.30. The number of Topliss-reactive ketones (excluding diaryl/α,β-unsaturated/α-hetero) is 1. The van der Waals surface area contributed by atoms with Gasteiger partial charge in [-0.25, -0.2) is 4.79 Å². The van der Waals surface area contributed by atoms with Crippen LogP contribution in [0, 0.1) is 10.1 Å². The number of nitro benzene ring substituents is 1. The normalized spacial score (nSPS) is 12.3. The quantitative estimate of drug-likeness (QED) is 0.128. The van der Waals surface area contributed by atoms with E-state index in [1.165, 1.54) is 44.6 Å². The predicted molar refractivity (Wildman–Crippen MR) is 124 cm³/mol. The van der Waals surface area contributed by atoms with Crippen LogP contribution in [0.25, 0.3) is 0 Å². The van der Waals surface area contributed by atoms with Gasteiger partial charge in [-0.15, -0.1) is 0 Å². The van der Waals surface area contributed by atoms with Crippen LogP contribution in [-0.4, -0.2) is 37.0 Å². The Morgan fingerprint density at radius 3 is 2.21 bits per heavy atom. The van der Waals surface area contributed by atoms with E-state index in [1.807, 2.05) is 0 Å². The summed E-state index contributed by atoms with van der Waals surface area (Å²) >= 11 is 3.42. The van der Waals surface area contributed by atoms with Gasteiger partial charge in [0.2, 0.25) is 5.78 Å². The van der Waals surface area contributed by atoms with Gasteiger partial charge in [-0.3, -0.25) is 14.9 Å². The number of rotatable bonds is 9. The first-order valence-corrected chi connectivity index (χ1v) is 10.7. The van der Waals surface area contributed by atoms with Crippen LogP contribution >= 0.6 is 15.9 Å². The van der Waals surface area contributed by atoms with Gasteiger partial charge >= 0.3 is 5.97 Å². The second-order valence-corrected chi connectivity index (χ2v) is 7.87. The summed E-state index contributed by atoms with van der Waals surface area (Å²) in [6, 6.07) is 18.6. The molecule has 0 spiro atoms. The second-order valence-electron chi connectivity index (χ2n) is 6.88. The van der Waals surface area contributed by atoms with Gasteiger partial charge in [0, 0.05) is 17.7 Å². The molecule has 33 heavy (non-hydrogen) atoms. The number of carbonyl (C=O) groups excluding carboxylic acids is 2. The van der Waals surface area contributed by atoms with E-state index in [2.05, 4.69) is 15.9 Å². The van der Waals surface area contributed by atoms with Gasteiger partial charge in [0.25, 0.3) is 5.69 Å². The number of carbonyl (C=O) groups is 2. The van der Waals surface area contributed by atoms with Gasteiger partial charge < -0.3 is 14.2 Å². The number of esters is 1. The SMILES string of the molecule is COc1ccc(C(=O)O[C@@H](C(=O)c2ccccc2)[C@H](Br)c2cccc([N+](=O)[O-])c2)cc1OC. The maximum absolute atomic E-state index is 13.3. The van der Waals surface area contributed by atoms with Gasteiger partial charge in [-0.2, -0.15) is 0 Å². The highest BCUT2D eigenvalue weighted by atomic mass is 79.9. The van der Waals surface area contributed by atoms with Crippen molar-refractivity contribution >= 4 is 33.4 Å². The Morgan fingerprint density at radius 2 is 1.58 bits per heavy atom. The lowest BCUT2D eigenvalue weighted by Gasteiger charge is -2.22. The minimum Gasteiger partial charge on any atom is -0.493 e. The molecular weight excluding hydrogens is 494 g/mol. The van der Waals surface area contributed by atoms with Gasteiger partial charge in [-0.05, 0) is 23.8 Å². The van der Waals surface area contributed by atoms with Crippen molar-refractivity contribution in [1.82, 2.24) is 0 Å². The molecule has 0 aromatic heterocycles. The molecule has 0 heterocycles. The first-order valence-electron chi connectivity index (χ1n) is 9.76. The van der Waals surface area contributed by atoms with Crippen LogP contribution in [0.3, 0.4) is 0 Å². The highest BCUT2D eigenvalue weighted by Gasteiger charge is 2.33. The first kappa shape index (κ1) is 23.9. The Morgan fingerprint density at radius 1 is 0.879 bits per heavy atom. The Balaban J connectivity index is 1.97. The van der Waals surface area contributed by atoms with Crippen molar-refractivity contribution in [3.8, 4) is 11.5 Å². The number of hydrogen-bond donors (Lipinski definition) is 0. The summed E-state index contributed by atoms with van der Waals surface area (Å²) in [5, 5.41) is 11.2. The van der Waals surface area contributed by atoms with Gasteiger partial charge in [0.1, 0.15) is 0 Å². The lowest BCUT2D eigenvalue weighted by molar-refractivity contribution is -0.384. The topological polar surface area (TPSA) is 105 Å². The first-order chi connectivity index (χ1) is 15.8. The van der Waals surface area contributed by atoms with Crippen molar-refractivity contribution in [3.63, 3.8) is 0 Å². The second kappa shape index (κ2) is 10.7. The molecule has 2 atom stereocenters. The average Bonchev–Trinajstić information content (AvgIpc) is 2.86. The van der Waals surface area contributed by atoms with E-state index in [0.29, 0.717) is 22.6 Å². The largest absolute Gasteiger partial charge is 0.493 e. The van der Waals surface area contributed by atoms with E-state index in [9.17, 15) is 19.7 Å². The number of halogens is 1. The molecule has 0 saturated heterocycles. The van der Waals surface area contributed by atoms with E-state index in [-0.39, 0.29) is 11.3 Å². The summed E-state index contributed by atoms with van der Waals surface area (Å²) in [4.78, 5) is 36.1. The van der Waals surface area contributed by atoms with Crippen LogP contribution in [0.2, 0.25) is 0 Å². The zero-order valence-corrected chi connectivity index (χ0v) is 19.4. The molecule has 9 heteroatoms. The fraction of sp³-hybridized carbons (Fsp3) is 0.167. The molecule has 0 radical (unpaired) electrons. The van der Waals surface area contributed by atoms with E-state index in [1.54, 1.807) is 42.5 Å². The summed E-state index contributed by atoms with van der Waals surface area (Å²) in [7, 11) is 2.91. The molecule has 0 fully saturated rings. The lowest BCUT2D eigenvalue weighted by Crippen LogP contribution is -2.31. The van der Waals surface area contributed by atoms with Crippen LogP contribution in [0.4, 0.5) is 5.69 Å². The molecule has 170 valence electrons. The van der Waals surface area contributed by atoms with Crippen LogP contribution in [0.1, 0.15) is 31.1 Å². The lowest BCUT2D eigenvalue weighted by atomic mass is 9.99. The number of nitro groups is 1. The van der Waals surface area contributed by atoms with E-state index in [0.717, 1.165) is 0 Å². The molecule has 0 bridgehead atoms. The average molecular weight is 514 g/mol. The van der Waals surface area contributed by atoms with Gasteiger partial charge in [0.15, 0.2) is 17.6 Å². The number of benzene rings is 3. The summed E-state index contributed by atoms with van der Waals surface area (Å²) in [5.74, 6) is -0.467. The molecule has 3 aromatic carbocycles. The Labute approximate surface area is 198 Å². The maximum Gasteiger partial charge on any atom is 0.339 e. The summed E-state index contributed by atoms with van der Waals surface area (Å²) < 4.78 is 16.1. The van der Waals surface area contributed by atoms with Gasteiger partial charge in [0.05, 0.1) is 29.5 Å². The number of ketones is 1. The van der Waals surface area contributed by atoms with E-state index in [4.69, 9.17) is 14.2 Å². The van der Waals surface area contributed by atoms with Gasteiger partial charge in [-0.1, -0.05) is 58.4 Å². The molecule has 0 saturated carbocycles. The minimum absolute atomic E-state index is 0.144. The molecule has 0 N–H and O–H groups in total. The molecule has 8 nitrogen and oxygen atoms in total. The van der Waals surface area contributed by atoms with Crippen molar-refractivity contribution < 1.29 is 28.7 Å². The number of nitrogens with zero attached hydrogens (tertiary/aromatic N) is 1. The molecule has 3 rings (SSSR count). The third-order valence-electron chi connectivity index (χ3n) is 4.84. The summed E-state index contributed by atoms with van der Waals surface area (Å²) in [5.41, 5.74) is 0.752. The van der Waals surface area contributed by atoms with Crippen molar-refractivity contribution in [2.75, 3.05) is 14.2 Å². The fourth-order valence-electron chi connectivity index (χ4n) is 3.14. The van der Waals surface area contributed by atoms with Crippen LogP contribution in [0.5, 0.6) is 11.5 Å². The number of non-ortho nitro benzene ring substituents is 1. The molecule has 0 amide bonds. The molecule has 0 aliphatic rings. The van der Waals surface area contributed by atoms with Crippen molar-refractivity contribution in [3.05, 3.63) is 99.6 Å². The molecule has 0 unspecified atom stereocenters. The van der Waals surface area contributed by atoms with E-state index >= 15 is 0 Å². The summed E-state index contributed by atoms with van der Waals surface area (Å²) in [6.07, 6.45) is -1.30. The number of hydrogen-bond acceptors (Lipinski definition) is 7. The Bertz CT molecular complexity index is 1170.